The van der Waals surface area contributed by atoms with Crippen molar-refractivity contribution >= 4 is 57.1 Å². The number of hydrogen-bond donors (Lipinski definition) is 0. The summed E-state index contributed by atoms with van der Waals surface area (Å²) in [6.45, 7) is 5.28. The van der Waals surface area contributed by atoms with Crippen LogP contribution in [0.25, 0.3) is 0 Å². The minimum Gasteiger partial charge on any atom is -0.493 e. The number of benzene rings is 2. The van der Waals surface area contributed by atoms with Gasteiger partial charge in [0.25, 0.3) is 0 Å². The van der Waals surface area contributed by atoms with E-state index < -0.39 is 0 Å². The quantitative estimate of drug-likeness (QED) is 0.143. The highest BCUT2D eigenvalue weighted by atomic mass is 127. The zero-order chi connectivity index (χ0) is 23.3. The first-order valence-corrected chi connectivity index (χ1v) is 12.8. The summed E-state index contributed by atoms with van der Waals surface area (Å²) in [6.07, 6.45) is 3.68. The molecule has 2 rings (SSSR count). The van der Waals surface area contributed by atoms with Crippen LogP contribution in [0, 0.1) is 7.14 Å². The number of carbonyl (C=O) groups is 2. The van der Waals surface area contributed by atoms with Gasteiger partial charge >= 0.3 is 11.9 Å². The fraction of sp³-hybridized carbons (Fsp3) is 0.417. The molecule has 0 bridgehead atoms. The summed E-state index contributed by atoms with van der Waals surface area (Å²) in [5.74, 6) is 0.377. The fourth-order valence-corrected chi connectivity index (χ4v) is 3.90. The summed E-state index contributed by atoms with van der Waals surface area (Å²) >= 11 is 4.32. The van der Waals surface area contributed by atoms with Gasteiger partial charge in [-0.15, -0.1) is 0 Å². The van der Waals surface area contributed by atoms with Gasteiger partial charge in [0.2, 0.25) is 0 Å². The van der Waals surface area contributed by atoms with Gasteiger partial charge in [-0.2, -0.15) is 0 Å². The molecule has 0 saturated carbocycles. The predicted molar refractivity (Wildman–Crippen MR) is 140 cm³/mol. The van der Waals surface area contributed by atoms with Gasteiger partial charge in [0.1, 0.15) is 22.6 Å². The molecule has 0 unspecified atom stereocenters. The van der Waals surface area contributed by atoms with Crippen LogP contribution in [0.5, 0.6) is 11.5 Å². The number of halogens is 2. The Hall–Kier alpha value is -1.56. The second kappa shape index (κ2) is 14.6. The average Bonchev–Trinajstić information content (AvgIpc) is 2.77. The minimum absolute atomic E-state index is 0.329. The van der Waals surface area contributed by atoms with Crippen LogP contribution < -0.4 is 9.47 Å². The lowest BCUT2D eigenvalue weighted by molar-refractivity contribution is 0.0511. The molecule has 0 aliphatic heterocycles. The van der Waals surface area contributed by atoms with Crippen molar-refractivity contribution in [2.75, 3.05) is 26.4 Å². The van der Waals surface area contributed by atoms with Crippen LogP contribution in [0.15, 0.2) is 36.4 Å². The van der Waals surface area contributed by atoms with E-state index in [0.717, 1.165) is 32.8 Å². The summed E-state index contributed by atoms with van der Waals surface area (Å²) in [6, 6.07) is 11.0. The number of esters is 2. The predicted octanol–water partition coefficient (Wildman–Crippen LogP) is 6.27. The highest BCUT2D eigenvalue weighted by Crippen LogP contribution is 2.24. The first-order chi connectivity index (χ1) is 15.5. The van der Waals surface area contributed by atoms with Gasteiger partial charge in [-0.3, -0.25) is 0 Å². The molecule has 0 saturated heterocycles. The van der Waals surface area contributed by atoms with Crippen molar-refractivity contribution in [3.63, 3.8) is 0 Å². The van der Waals surface area contributed by atoms with Crippen molar-refractivity contribution in [3.8, 4) is 11.5 Å². The van der Waals surface area contributed by atoms with Crippen molar-refractivity contribution in [2.24, 2.45) is 0 Å². The van der Waals surface area contributed by atoms with Crippen molar-refractivity contribution in [2.45, 2.75) is 39.5 Å². The maximum absolute atomic E-state index is 12.1. The summed E-state index contributed by atoms with van der Waals surface area (Å²) in [5, 5.41) is 0. The van der Waals surface area contributed by atoms with Crippen molar-refractivity contribution < 1.29 is 28.5 Å². The SMILES string of the molecule is CCOC(=O)c1cc(I)ccc1OCCCCCCOc1ccc(I)cc1C(=O)OCC. The molecule has 0 aliphatic rings. The number of rotatable bonds is 13. The van der Waals surface area contributed by atoms with Gasteiger partial charge in [-0.05, 0) is 121 Å². The Bertz CT molecular complexity index is 827. The maximum Gasteiger partial charge on any atom is 0.341 e. The third-order valence-corrected chi connectivity index (χ3v) is 5.77. The Balaban J connectivity index is 1.72. The van der Waals surface area contributed by atoms with E-state index in [1.165, 1.54) is 0 Å². The molecule has 0 aliphatic carbocycles. The Morgan fingerprint density at radius 2 is 1.09 bits per heavy atom. The second-order valence-electron chi connectivity index (χ2n) is 6.83. The molecule has 0 aromatic heterocycles. The number of unbranched alkanes of at least 4 members (excludes halogenated alkanes) is 3. The Labute approximate surface area is 216 Å². The first-order valence-electron chi connectivity index (χ1n) is 10.6. The van der Waals surface area contributed by atoms with Gasteiger partial charge < -0.3 is 18.9 Å². The Morgan fingerprint density at radius 3 is 1.47 bits per heavy atom. The molecule has 0 spiro atoms. The highest BCUT2D eigenvalue weighted by Gasteiger charge is 2.15. The molecule has 2 aromatic rings. The summed E-state index contributed by atoms with van der Waals surface area (Å²) < 4.78 is 23.8. The van der Waals surface area contributed by atoms with Gasteiger partial charge in [-0.1, -0.05) is 0 Å². The number of carbonyl (C=O) groups excluding carboxylic acids is 2. The molecule has 0 fully saturated rings. The summed E-state index contributed by atoms with van der Waals surface area (Å²) in [7, 11) is 0. The molecule has 0 radical (unpaired) electrons. The Kier molecular flexibility index (Phi) is 12.1. The molecule has 0 heterocycles. The number of ether oxygens (including phenoxy) is 4. The lowest BCUT2D eigenvalue weighted by Gasteiger charge is -2.12. The fourth-order valence-electron chi connectivity index (χ4n) is 2.91. The van der Waals surface area contributed by atoms with Crippen LogP contribution in [0.4, 0.5) is 0 Å². The normalized spacial score (nSPS) is 10.5. The second-order valence-corrected chi connectivity index (χ2v) is 9.32. The van der Waals surface area contributed by atoms with E-state index in [-0.39, 0.29) is 11.9 Å². The molecule has 0 amide bonds. The smallest absolute Gasteiger partial charge is 0.341 e. The van der Waals surface area contributed by atoms with E-state index in [0.29, 0.717) is 49.1 Å². The van der Waals surface area contributed by atoms with Gasteiger partial charge in [0.15, 0.2) is 0 Å². The molecule has 2 aromatic carbocycles. The molecule has 6 nitrogen and oxygen atoms in total. The van der Waals surface area contributed by atoms with E-state index in [1.807, 2.05) is 24.3 Å². The van der Waals surface area contributed by atoms with Gasteiger partial charge in [-0.25, -0.2) is 9.59 Å². The van der Waals surface area contributed by atoms with Crippen molar-refractivity contribution in [1.29, 1.82) is 0 Å². The van der Waals surface area contributed by atoms with Crippen LogP contribution in [-0.2, 0) is 9.47 Å². The standard InChI is InChI=1S/C24H28I2O6/c1-3-29-23(27)19-15-17(25)9-11-21(19)31-13-7-5-6-8-14-32-22-12-10-18(26)16-20(22)24(28)30-4-2/h9-12,15-16H,3-8,13-14H2,1-2H3. The number of hydrogen-bond acceptors (Lipinski definition) is 6. The van der Waals surface area contributed by atoms with Crippen LogP contribution >= 0.6 is 45.2 Å². The van der Waals surface area contributed by atoms with Crippen LogP contribution in [0.3, 0.4) is 0 Å². The largest absolute Gasteiger partial charge is 0.493 e. The van der Waals surface area contributed by atoms with Crippen molar-refractivity contribution in [1.82, 2.24) is 0 Å². The third-order valence-electron chi connectivity index (χ3n) is 4.43. The van der Waals surface area contributed by atoms with E-state index in [4.69, 9.17) is 18.9 Å². The first kappa shape index (κ1) is 26.7. The molecule has 8 heteroatoms. The van der Waals surface area contributed by atoms with Crippen LogP contribution in [-0.4, -0.2) is 38.4 Å². The molecule has 174 valence electrons. The lowest BCUT2D eigenvalue weighted by Crippen LogP contribution is -2.09. The molecule has 0 N–H and O–H groups in total. The van der Waals surface area contributed by atoms with E-state index in [9.17, 15) is 9.59 Å². The molecule has 0 atom stereocenters. The molecular weight excluding hydrogens is 638 g/mol. The lowest BCUT2D eigenvalue weighted by atomic mass is 10.2. The van der Waals surface area contributed by atoms with Gasteiger partial charge in [0.05, 0.1) is 26.4 Å². The van der Waals surface area contributed by atoms with Crippen LogP contribution in [0.2, 0.25) is 0 Å². The molecular formula is C24H28I2O6. The highest BCUT2D eigenvalue weighted by molar-refractivity contribution is 14.1. The van der Waals surface area contributed by atoms with E-state index in [1.54, 1.807) is 26.0 Å². The minimum atomic E-state index is -0.365. The Morgan fingerprint density at radius 1 is 0.688 bits per heavy atom. The summed E-state index contributed by atoms with van der Waals surface area (Å²) in [5.41, 5.74) is 0.921. The monoisotopic (exact) mass is 666 g/mol. The zero-order valence-corrected chi connectivity index (χ0v) is 22.6. The van der Waals surface area contributed by atoms with Gasteiger partial charge in [0, 0.05) is 7.14 Å². The van der Waals surface area contributed by atoms with E-state index in [2.05, 4.69) is 45.2 Å². The van der Waals surface area contributed by atoms with Crippen molar-refractivity contribution in [3.05, 3.63) is 54.7 Å². The topological polar surface area (TPSA) is 71.1 Å². The van der Waals surface area contributed by atoms with E-state index >= 15 is 0 Å². The van der Waals surface area contributed by atoms with Crippen LogP contribution in [0.1, 0.15) is 60.2 Å². The molecule has 32 heavy (non-hydrogen) atoms. The summed E-state index contributed by atoms with van der Waals surface area (Å²) in [4.78, 5) is 24.2. The zero-order valence-electron chi connectivity index (χ0n) is 18.3. The maximum atomic E-state index is 12.1. The third kappa shape index (κ3) is 8.76. The average molecular weight is 666 g/mol.